The van der Waals surface area contributed by atoms with Crippen molar-refractivity contribution < 1.29 is 12.8 Å². The summed E-state index contributed by atoms with van der Waals surface area (Å²) in [6.45, 7) is 3.88. The average molecular weight is 367 g/mol. The summed E-state index contributed by atoms with van der Waals surface area (Å²) in [7, 11) is -3.83. The van der Waals surface area contributed by atoms with E-state index in [-0.39, 0.29) is 10.9 Å². The first kappa shape index (κ1) is 18.2. The summed E-state index contributed by atoms with van der Waals surface area (Å²) in [6.07, 6.45) is 0. The van der Waals surface area contributed by atoms with Crippen molar-refractivity contribution in [1.82, 2.24) is 5.32 Å². The van der Waals surface area contributed by atoms with E-state index in [1.165, 1.54) is 12.1 Å². The Balaban J connectivity index is 2.23. The monoisotopic (exact) mass is 367 g/mol. The Bertz CT molecular complexity index is 821. The van der Waals surface area contributed by atoms with Crippen LogP contribution in [0.3, 0.4) is 0 Å². The van der Waals surface area contributed by atoms with Gasteiger partial charge < -0.3 is 10.6 Å². The van der Waals surface area contributed by atoms with Crippen LogP contribution < -0.4 is 15.4 Å². The van der Waals surface area contributed by atoms with Gasteiger partial charge in [0.2, 0.25) is 0 Å². The fourth-order valence-corrected chi connectivity index (χ4v) is 3.34. The van der Waals surface area contributed by atoms with Crippen molar-refractivity contribution in [2.24, 2.45) is 0 Å². The van der Waals surface area contributed by atoms with Gasteiger partial charge in [0.1, 0.15) is 5.82 Å². The van der Waals surface area contributed by atoms with Gasteiger partial charge in [-0.1, -0.05) is 12.1 Å². The Morgan fingerprint density at radius 3 is 2.21 bits per heavy atom. The quantitative estimate of drug-likeness (QED) is 0.707. The number of sulfonamides is 1. The molecule has 0 amide bonds. The zero-order valence-electron chi connectivity index (χ0n) is 13.2. The largest absolute Gasteiger partial charge is 0.360 e. The van der Waals surface area contributed by atoms with Crippen LogP contribution in [0, 0.1) is 5.82 Å². The van der Waals surface area contributed by atoms with Crippen molar-refractivity contribution in [3.05, 3.63) is 54.3 Å². The van der Waals surface area contributed by atoms with Gasteiger partial charge in [-0.05, 0) is 62.5 Å². The molecular weight excluding hydrogens is 349 g/mol. The minimum Gasteiger partial charge on any atom is -0.360 e. The summed E-state index contributed by atoms with van der Waals surface area (Å²) in [6, 6.07) is 11.5. The standard InChI is InChI=1S/C16H18FN3O2S2/c1-11(2)18-16(23)19-14-5-3-4-6-15(14)20-24(21,22)13-9-7-12(17)8-10-13/h3-11,20H,1-2H3,(H2,18,19,23). The van der Waals surface area contributed by atoms with Gasteiger partial charge >= 0.3 is 0 Å². The predicted molar refractivity (Wildman–Crippen MR) is 98.1 cm³/mol. The molecule has 0 saturated carbocycles. The molecule has 2 aromatic carbocycles. The van der Waals surface area contributed by atoms with Crippen molar-refractivity contribution in [3.63, 3.8) is 0 Å². The van der Waals surface area contributed by atoms with Crippen molar-refractivity contribution in [3.8, 4) is 0 Å². The summed E-state index contributed by atoms with van der Waals surface area (Å²) >= 11 is 5.18. The lowest BCUT2D eigenvalue weighted by Crippen LogP contribution is -2.34. The third kappa shape index (κ3) is 4.90. The fraction of sp³-hybridized carbons (Fsp3) is 0.188. The average Bonchev–Trinajstić information content (AvgIpc) is 2.48. The topological polar surface area (TPSA) is 70.2 Å². The number of halogens is 1. The number of hydrogen-bond acceptors (Lipinski definition) is 3. The van der Waals surface area contributed by atoms with Crippen molar-refractivity contribution in [1.29, 1.82) is 0 Å². The minimum absolute atomic E-state index is 0.0263. The SMILES string of the molecule is CC(C)NC(=S)Nc1ccccc1NS(=O)(=O)c1ccc(F)cc1. The van der Waals surface area contributed by atoms with Crippen LogP contribution in [0.5, 0.6) is 0 Å². The van der Waals surface area contributed by atoms with E-state index in [1.807, 2.05) is 13.8 Å². The smallest absolute Gasteiger partial charge is 0.261 e. The second kappa shape index (κ2) is 7.59. The number of thiocarbonyl (C=S) groups is 1. The molecule has 2 aromatic rings. The zero-order valence-corrected chi connectivity index (χ0v) is 14.8. The normalized spacial score (nSPS) is 11.2. The Labute approximate surface area is 146 Å². The van der Waals surface area contributed by atoms with Gasteiger partial charge in [-0.15, -0.1) is 0 Å². The van der Waals surface area contributed by atoms with Crippen LogP contribution in [0.4, 0.5) is 15.8 Å². The molecule has 8 heteroatoms. The number of benzene rings is 2. The van der Waals surface area contributed by atoms with E-state index in [9.17, 15) is 12.8 Å². The first-order valence-electron chi connectivity index (χ1n) is 7.23. The Hall–Kier alpha value is -2.19. The summed E-state index contributed by atoms with van der Waals surface area (Å²) in [4.78, 5) is -0.0263. The molecule has 0 radical (unpaired) electrons. The van der Waals surface area contributed by atoms with E-state index < -0.39 is 15.8 Å². The molecule has 0 fully saturated rings. The van der Waals surface area contributed by atoms with Crippen molar-refractivity contribution in [2.45, 2.75) is 24.8 Å². The maximum atomic E-state index is 13.0. The van der Waals surface area contributed by atoms with Crippen LogP contribution in [0.25, 0.3) is 0 Å². The number of para-hydroxylation sites is 2. The van der Waals surface area contributed by atoms with Crippen LogP contribution >= 0.6 is 12.2 Å². The highest BCUT2D eigenvalue weighted by molar-refractivity contribution is 7.92. The molecule has 5 nitrogen and oxygen atoms in total. The number of anilines is 2. The molecule has 0 heterocycles. The summed E-state index contributed by atoms with van der Waals surface area (Å²) in [5.74, 6) is -0.499. The number of rotatable bonds is 5. The van der Waals surface area contributed by atoms with Gasteiger partial charge in [0.05, 0.1) is 16.3 Å². The highest BCUT2D eigenvalue weighted by Gasteiger charge is 2.16. The third-order valence-corrected chi connectivity index (χ3v) is 4.56. The van der Waals surface area contributed by atoms with E-state index in [2.05, 4.69) is 15.4 Å². The van der Waals surface area contributed by atoms with Crippen LogP contribution in [-0.4, -0.2) is 19.6 Å². The van der Waals surface area contributed by atoms with E-state index in [0.717, 1.165) is 12.1 Å². The molecule has 0 spiro atoms. The van der Waals surface area contributed by atoms with E-state index in [1.54, 1.807) is 24.3 Å². The van der Waals surface area contributed by atoms with E-state index in [0.29, 0.717) is 16.5 Å². The highest BCUT2D eigenvalue weighted by Crippen LogP contribution is 2.24. The predicted octanol–water partition coefficient (Wildman–Crippen LogP) is 3.32. The molecule has 0 bridgehead atoms. The van der Waals surface area contributed by atoms with Crippen LogP contribution in [0.15, 0.2) is 53.4 Å². The minimum atomic E-state index is -3.83. The van der Waals surface area contributed by atoms with E-state index >= 15 is 0 Å². The third-order valence-electron chi connectivity index (χ3n) is 2.96. The fourth-order valence-electron chi connectivity index (χ4n) is 1.92. The highest BCUT2D eigenvalue weighted by atomic mass is 32.2. The second-order valence-corrected chi connectivity index (χ2v) is 7.45. The lowest BCUT2D eigenvalue weighted by Gasteiger charge is -2.17. The number of hydrogen-bond donors (Lipinski definition) is 3. The summed E-state index contributed by atoms with van der Waals surface area (Å²) in [5.41, 5.74) is 0.857. The maximum absolute atomic E-state index is 13.0. The molecule has 0 saturated heterocycles. The molecule has 0 aliphatic rings. The second-order valence-electron chi connectivity index (χ2n) is 5.36. The molecule has 0 aromatic heterocycles. The molecule has 0 unspecified atom stereocenters. The summed E-state index contributed by atoms with van der Waals surface area (Å²) < 4.78 is 40.3. The molecule has 0 aliphatic heterocycles. The molecule has 3 N–H and O–H groups in total. The van der Waals surface area contributed by atoms with E-state index in [4.69, 9.17) is 12.2 Å². The molecule has 128 valence electrons. The lowest BCUT2D eigenvalue weighted by molar-refractivity contribution is 0.599. The maximum Gasteiger partial charge on any atom is 0.261 e. The van der Waals surface area contributed by atoms with Gasteiger partial charge in [0, 0.05) is 6.04 Å². The van der Waals surface area contributed by atoms with Crippen molar-refractivity contribution >= 4 is 38.7 Å². The first-order chi connectivity index (χ1) is 11.3. The zero-order chi connectivity index (χ0) is 17.7. The van der Waals surface area contributed by atoms with Gasteiger partial charge in [0.25, 0.3) is 10.0 Å². The van der Waals surface area contributed by atoms with Crippen LogP contribution in [-0.2, 0) is 10.0 Å². The Kier molecular flexibility index (Phi) is 5.74. The van der Waals surface area contributed by atoms with Gasteiger partial charge in [-0.2, -0.15) is 0 Å². The van der Waals surface area contributed by atoms with Gasteiger partial charge in [-0.25, -0.2) is 12.8 Å². The Morgan fingerprint density at radius 1 is 1.04 bits per heavy atom. The molecular formula is C16H18FN3O2S2. The first-order valence-corrected chi connectivity index (χ1v) is 9.12. The van der Waals surface area contributed by atoms with Gasteiger partial charge in [0.15, 0.2) is 5.11 Å². The van der Waals surface area contributed by atoms with Crippen molar-refractivity contribution in [2.75, 3.05) is 10.0 Å². The molecule has 24 heavy (non-hydrogen) atoms. The summed E-state index contributed by atoms with van der Waals surface area (Å²) in [5, 5.41) is 6.37. The van der Waals surface area contributed by atoms with Crippen LogP contribution in [0.2, 0.25) is 0 Å². The number of nitrogens with one attached hydrogen (secondary N) is 3. The molecule has 0 aliphatic carbocycles. The van der Waals surface area contributed by atoms with Gasteiger partial charge in [-0.3, -0.25) is 4.72 Å². The van der Waals surface area contributed by atoms with Crippen LogP contribution in [0.1, 0.15) is 13.8 Å². The molecule has 2 rings (SSSR count). The molecule has 0 atom stereocenters. The lowest BCUT2D eigenvalue weighted by atomic mass is 10.3. The Morgan fingerprint density at radius 2 is 1.62 bits per heavy atom.